The van der Waals surface area contributed by atoms with Crippen LogP contribution in [0.2, 0.25) is 0 Å². The molecule has 5 nitrogen and oxygen atoms in total. The lowest BCUT2D eigenvalue weighted by Crippen LogP contribution is -2.27. The summed E-state index contributed by atoms with van der Waals surface area (Å²) in [5, 5.41) is 5.70. The monoisotopic (exact) mass is 328 g/mol. The summed E-state index contributed by atoms with van der Waals surface area (Å²) in [6, 6.07) is 5.27. The molecule has 0 aliphatic rings. The molecule has 0 radical (unpaired) electrons. The Morgan fingerprint density at radius 2 is 2.13 bits per heavy atom. The first-order chi connectivity index (χ1) is 10.9. The quantitative estimate of drug-likeness (QED) is 0.763. The first kappa shape index (κ1) is 17.3. The van der Waals surface area contributed by atoms with Gasteiger partial charge in [0.1, 0.15) is 6.54 Å². The van der Waals surface area contributed by atoms with E-state index in [4.69, 9.17) is 0 Å². The molecule has 8 heteroatoms. The molecule has 0 aliphatic carbocycles. The highest BCUT2D eigenvalue weighted by Crippen LogP contribution is 2.17. The second-order valence-electron chi connectivity index (χ2n) is 5.18. The maximum absolute atomic E-state index is 12.6. The fourth-order valence-electron chi connectivity index (χ4n) is 2.33. The number of halogens is 3. The molecule has 2 heterocycles. The van der Waals surface area contributed by atoms with Crippen LogP contribution in [-0.4, -0.2) is 34.0 Å². The summed E-state index contributed by atoms with van der Waals surface area (Å²) in [6.45, 7) is 1.95. The molecule has 2 aromatic rings. The lowest BCUT2D eigenvalue weighted by molar-refractivity contribution is -0.143. The highest BCUT2D eigenvalue weighted by molar-refractivity contribution is 5.24. The van der Waals surface area contributed by atoms with Crippen molar-refractivity contribution in [2.24, 2.45) is 0 Å². The number of hydrogen-bond acceptors (Lipinski definition) is 3. The SMILES string of the molecule is CCNCCc1[nH]n(CC(F)(F)F)c(=O)c1Cc1ccccn1. The number of likely N-dealkylation sites (N-methyl/N-ethyl adjacent to an activating group) is 1. The molecule has 23 heavy (non-hydrogen) atoms. The van der Waals surface area contributed by atoms with Gasteiger partial charge in [-0.25, -0.2) is 4.68 Å². The van der Waals surface area contributed by atoms with Crippen molar-refractivity contribution in [3.8, 4) is 0 Å². The average molecular weight is 328 g/mol. The second kappa shape index (κ2) is 7.45. The Hall–Kier alpha value is -2.09. The topological polar surface area (TPSA) is 62.7 Å². The van der Waals surface area contributed by atoms with E-state index in [1.807, 2.05) is 6.92 Å². The molecule has 0 spiro atoms. The van der Waals surface area contributed by atoms with E-state index in [1.165, 1.54) is 0 Å². The summed E-state index contributed by atoms with van der Waals surface area (Å²) in [4.78, 5) is 16.4. The van der Waals surface area contributed by atoms with E-state index in [1.54, 1.807) is 24.4 Å². The predicted octanol–water partition coefficient (Wildman–Crippen LogP) is 1.88. The number of alkyl halides is 3. The molecule has 0 saturated carbocycles. The molecule has 0 unspecified atom stereocenters. The Morgan fingerprint density at radius 1 is 1.35 bits per heavy atom. The van der Waals surface area contributed by atoms with Crippen molar-refractivity contribution in [3.63, 3.8) is 0 Å². The Morgan fingerprint density at radius 3 is 2.74 bits per heavy atom. The zero-order valence-corrected chi connectivity index (χ0v) is 12.8. The fraction of sp³-hybridized carbons (Fsp3) is 0.467. The molecule has 126 valence electrons. The summed E-state index contributed by atoms with van der Waals surface area (Å²) >= 11 is 0. The van der Waals surface area contributed by atoms with Crippen molar-refractivity contribution in [2.75, 3.05) is 13.1 Å². The van der Waals surface area contributed by atoms with Gasteiger partial charge in [0.05, 0.1) is 0 Å². The van der Waals surface area contributed by atoms with Crippen molar-refractivity contribution in [1.82, 2.24) is 20.1 Å². The first-order valence-corrected chi connectivity index (χ1v) is 7.38. The lowest BCUT2D eigenvalue weighted by Gasteiger charge is -2.06. The van der Waals surface area contributed by atoms with E-state index >= 15 is 0 Å². The third-order valence-corrected chi connectivity index (χ3v) is 3.36. The smallest absolute Gasteiger partial charge is 0.317 e. The number of nitrogens with one attached hydrogen (secondary N) is 2. The van der Waals surface area contributed by atoms with Crippen molar-refractivity contribution in [1.29, 1.82) is 0 Å². The molecule has 0 bridgehead atoms. The second-order valence-corrected chi connectivity index (χ2v) is 5.18. The minimum atomic E-state index is -4.45. The minimum Gasteiger partial charge on any atom is -0.317 e. The van der Waals surface area contributed by atoms with Crippen LogP contribution in [0, 0.1) is 0 Å². The normalized spacial score (nSPS) is 11.8. The molecule has 0 aromatic carbocycles. The number of aromatic nitrogens is 3. The van der Waals surface area contributed by atoms with Crippen molar-refractivity contribution >= 4 is 0 Å². The van der Waals surface area contributed by atoms with Gasteiger partial charge in [-0.2, -0.15) is 13.2 Å². The van der Waals surface area contributed by atoms with Gasteiger partial charge in [-0.3, -0.25) is 14.9 Å². The van der Waals surface area contributed by atoms with E-state index in [0.717, 1.165) is 6.54 Å². The van der Waals surface area contributed by atoms with E-state index in [9.17, 15) is 18.0 Å². The van der Waals surface area contributed by atoms with Crippen molar-refractivity contribution in [3.05, 3.63) is 51.7 Å². The molecular formula is C15H19F3N4O. The van der Waals surface area contributed by atoms with Crippen LogP contribution < -0.4 is 10.9 Å². The molecule has 2 rings (SSSR count). The molecule has 0 fully saturated rings. The standard InChI is InChI=1S/C15H19F3N4O/c1-2-19-8-6-13-12(9-11-5-3-4-7-20-11)14(23)22(21-13)10-15(16,17)18/h3-5,7,19,21H,2,6,8-10H2,1H3. The first-order valence-electron chi connectivity index (χ1n) is 7.38. The highest BCUT2D eigenvalue weighted by atomic mass is 19.4. The molecule has 0 atom stereocenters. The van der Waals surface area contributed by atoms with Crippen molar-refractivity contribution in [2.45, 2.75) is 32.5 Å². The fourth-order valence-corrected chi connectivity index (χ4v) is 2.33. The Bertz CT molecular complexity index is 676. The average Bonchev–Trinajstić information content (AvgIpc) is 2.76. The molecular weight excluding hydrogens is 309 g/mol. The molecule has 2 aromatic heterocycles. The van der Waals surface area contributed by atoms with Crippen LogP contribution in [0.4, 0.5) is 13.2 Å². The van der Waals surface area contributed by atoms with Gasteiger partial charge in [0.2, 0.25) is 0 Å². The predicted molar refractivity (Wildman–Crippen MR) is 80.4 cm³/mol. The summed E-state index contributed by atoms with van der Waals surface area (Å²) in [7, 11) is 0. The number of H-pyrrole nitrogens is 1. The van der Waals surface area contributed by atoms with Gasteiger partial charge in [-0.05, 0) is 18.7 Å². The van der Waals surface area contributed by atoms with Crippen molar-refractivity contribution < 1.29 is 13.2 Å². The zero-order chi connectivity index (χ0) is 16.9. The van der Waals surface area contributed by atoms with Gasteiger partial charge in [0.15, 0.2) is 0 Å². The minimum absolute atomic E-state index is 0.211. The van der Waals surface area contributed by atoms with E-state index in [2.05, 4.69) is 15.4 Å². The summed E-state index contributed by atoms with van der Waals surface area (Å²) < 4.78 is 38.4. The van der Waals surface area contributed by atoms with Gasteiger partial charge in [0.25, 0.3) is 5.56 Å². The van der Waals surface area contributed by atoms with Crippen LogP contribution in [0.25, 0.3) is 0 Å². The largest absolute Gasteiger partial charge is 0.408 e. The van der Waals surface area contributed by atoms with Gasteiger partial charge in [-0.1, -0.05) is 13.0 Å². The highest BCUT2D eigenvalue weighted by Gasteiger charge is 2.30. The van der Waals surface area contributed by atoms with Gasteiger partial charge in [0, 0.05) is 42.5 Å². The lowest BCUT2D eigenvalue weighted by atomic mass is 10.1. The molecule has 0 aliphatic heterocycles. The Labute approximate surface area is 131 Å². The Kier molecular flexibility index (Phi) is 5.59. The van der Waals surface area contributed by atoms with Crippen LogP contribution in [0.5, 0.6) is 0 Å². The van der Waals surface area contributed by atoms with Crippen LogP contribution >= 0.6 is 0 Å². The number of aromatic amines is 1. The van der Waals surface area contributed by atoms with Crippen LogP contribution in [0.3, 0.4) is 0 Å². The van der Waals surface area contributed by atoms with E-state index < -0.39 is 18.3 Å². The maximum Gasteiger partial charge on any atom is 0.408 e. The number of rotatable bonds is 7. The van der Waals surface area contributed by atoms with Crippen LogP contribution in [0.1, 0.15) is 23.9 Å². The Balaban J connectivity index is 2.30. The van der Waals surface area contributed by atoms with Crippen LogP contribution in [0.15, 0.2) is 29.2 Å². The molecule has 0 saturated heterocycles. The number of nitrogens with zero attached hydrogens (tertiary/aromatic N) is 2. The van der Waals surface area contributed by atoms with Gasteiger partial charge in [-0.15, -0.1) is 0 Å². The number of pyridine rings is 1. The molecule has 2 N–H and O–H groups in total. The van der Waals surface area contributed by atoms with Gasteiger partial charge >= 0.3 is 6.18 Å². The zero-order valence-electron chi connectivity index (χ0n) is 12.8. The number of hydrogen-bond donors (Lipinski definition) is 2. The summed E-state index contributed by atoms with van der Waals surface area (Å²) in [5.41, 5.74) is 0.864. The van der Waals surface area contributed by atoms with Crippen LogP contribution in [-0.2, 0) is 19.4 Å². The summed E-state index contributed by atoms with van der Waals surface area (Å²) in [6.07, 6.45) is -2.19. The maximum atomic E-state index is 12.6. The van der Waals surface area contributed by atoms with E-state index in [0.29, 0.717) is 34.6 Å². The third kappa shape index (κ3) is 4.95. The van der Waals surface area contributed by atoms with E-state index in [-0.39, 0.29) is 6.42 Å². The molecule has 0 amide bonds. The summed E-state index contributed by atoms with van der Waals surface area (Å²) in [5.74, 6) is 0. The third-order valence-electron chi connectivity index (χ3n) is 3.36. The van der Waals surface area contributed by atoms with Gasteiger partial charge < -0.3 is 5.32 Å².